The second kappa shape index (κ2) is 6.45. The first-order chi connectivity index (χ1) is 11.7. The highest BCUT2D eigenvalue weighted by atomic mass is 35.5. The van der Waals surface area contributed by atoms with Gasteiger partial charge in [-0.1, -0.05) is 44.5 Å². The van der Waals surface area contributed by atoms with Crippen LogP contribution >= 0.6 is 11.6 Å². The van der Waals surface area contributed by atoms with E-state index in [4.69, 9.17) is 11.6 Å². The van der Waals surface area contributed by atoms with Crippen LogP contribution in [0.25, 0.3) is 0 Å². The van der Waals surface area contributed by atoms with Crippen LogP contribution < -0.4 is 5.32 Å². The van der Waals surface area contributed by atoms with Crippen molar-refractivity contribution in [3.05, 3.63) is 70.4 Å². The molecule has 25 heavy (non-hydrogen) atoms. The number of halogens is 1. The fourth-order valence-corrected chi connectivity index (χ4v) is 3.14. The second-order valence-electron chi connectivity index (χ2n) is 7.13. The third-order valence-corrected chi connectivity index (χ3v) is 4.39. The minimum atomic E-state index is -0.369. The number of carbonyl (C=O) groups excluding carboxylic acids is 2. The van der Waals surface area contributed by atoms with Gasteiger partial charge in [-0.25, -0.2) is 4.99 Å². The topological polar surface area (TPSA) is 58.5 Å². The molecule has 1 aliphatic carbocycles. The number of rotatable bonds is 1. The maximum absolute atomic E-state index is 12.3. The zero-order chi connectivity index (χ0) is 18.2. The summed E-state index contributed by atoms with van der Waals surface area (Å²) < 4.78 is 0. The zero-order valence-electron chi connectivity index (χ0n) is 14.3. The number of hydrogen-bond donors (Lipinski definition) is 1. The molecular formula is C20H19ClN2O2. The smallest absolute Gasteiger partial charge is 0.277 e. The van der Waals surface area contributed by atoms with Crippen molar-refractivity contribution in [2.24, 2.45) is 16.3 Å². The Morgan fingerprint density at radius 2 is 2.00 bits per heavy atom. The van der Waals surface area contributed by atoms with Gasteiger partial charge >= 0.3 is 0 Å². The summed E-state index contributed by atoms with van der Waals surface area (Å²) in [7, 11) is 0. The van der Waals surface area contributed by atoms with Gasteiger partial charge in [-0.2, -0.15) is 0 Å². The predicted molar refractivity (Wildman–Crippen MR) is 99.6 cm³/mol. The molecular weight excluding hydrogens is 336 g/mol. The Morgan fingerprint density at radius 1 is 1.24 bits per heavy atom. The summed E-state index contributed by atoms with van der Waals surface area (Å²) in [6.45, 7) is 6.24. The third-order valence-electron chi connectivity index (χ3n) is 4.16. The molecule has 1 unspecified atom stereocenters. The van der Waals surface area contributed by atoms with Crippen LogP contribution in [0.15, 0.2) is 64.8 Å². The summed E-state index contributed by atoms with van der Waals surface area (Å²) >= 11 is 5.92. The minimum absolute atomic E-state index is 0.00192. The van der Waals surface area contributed by atoms with Crippen molar-refractivity contribution < 1.29 is 9.59 Å². The van der Waals surface area contributed by atoms with Gasteiger partial charge in [-0.05, 0) is 41.3 Å². The molecule has 1 atom stereocenters. The quantitative estimate of drug-likeness (QED) is 0.825. The summed E-state index contributed by atoms with van der Waals surface area (Å²) in [4.78, 5) is 28.4. The molecule has 0 spiro atoms. The van der Waals surface area contributed by atoms with Gasteiger partial charge in [0.15, 0.2) is 0 Å². The number of fused-ring (bicyclic) bond motifs is 1. The molecule has 0 aromatic heterocycles. The molecule has 2 amide bonds. The van der Waals surface area contributed by atoms with E-state index in [1.54, 1.807) is 36.4 Å². The highest BCUT2D eigenvalue weighted by molar-refractivity contribution is 6.31. The molecule has 0 saturated carbocycles. The van der Waals surface area contributed by atoms with Gasteiger partial charge in [0.25, 0.3) is 5.91 Å². The van der Waals surface area contributed by atoms with Gasteiger partial charge < -0.3 is 5.32 Å². The summed E-state index contributed by atoms with van der Waals surface area (Å²) in [6, 6.07) is 6.67. The Morgan fingerprint density at radius 3 is 2.68 bits per heavy atom. The average molecular weight is 355 g/mol. The Kier molecular flexibility index (Phi) is 4.48. The molecule has 1 aliphatic heterocycles. The first kappa shape index (κ1) is 17.4. The lowest BCUT2D eigenvalue weighted by atomic mass is 9.74. The van der Waals surface area contributed by atoms with E-state index in [9.17, 15) is 9.59 Å². The van der Waals surface area contributed by atoms with Crippen molar-refractivity contribution in [3.8, 4) is 0 Å². The van der Waals surface area contributed by atoms with Crippen LogP contribution in [-0.4, -0.2) is 17.5 Å². The normalized spacial score (nSPS) is 21.4. The molecule has 4 nitrogen and oxygen atoms in total. The van der Waals surface area contributed by atoms with E-state index in [1.165, 1.54) is 0 Å². The summed E-state index contributed by atoms with van der Waals surface area (Å²) in [6.07, 6.45) is 7.19. The Bertz CT molecular complexity index is 870. The van der Waals surface area contributed by atoms with Crippen molar-refractivity contribution in [3.63, 3.8) is 0 Å². The number of aliphatic imine (C=N–C) groups is 1. The van der Waals surface area contributed by atoms with Gasteiger partial charge in [0, 0.05) is 28.3 Å². The van der Waals surface area contributed by atoms with Crippen molar-refractivity contribution in [2.45, 2.75) is 20.8 Å². The van der Waals surface area contributed by atoms with E-state index in [0.29, 0.717) is 16.3 Å². The molecule has 1 aromatic rings. The number of amides is 2. The van der Waals surface area contributed by atoms with Crippen molar-refractivity contribution in [2.75, 3.05) is 0 Å². The van der Waals surface area contributed by atoms with Crippen LogP contribution in [-0.2, 0) is 4.79 Å². The molecule has 1 heterocycles. The van der Waals surface area contributed by atoms with Crippen molar-refractivity contribution in [1.29, 1.82) is 0 Å². The van der Waals surface area contributed by atoms with Crippen LogP contribution in [0.5, 0.6) is 0 Å². The lowest BCUT2D eigenvalue weighted by molar-refractivity contribution is -0.116. The van der Waals surface area contributed by atoms with Crippen LogP contribution in [0.1, 0.15) is 31.1 Å². The minimum Gasteiger partial charge on any atom is -0.325 e. The van der Waals surface area contributed by atoms with Crippen LogP contribution in [0.3, 0.4) is 0 Å². The number of nitrogens with one attached hydrogen (secondary N) is 1. The lowest BCUT2D eigenvalue weighted by Crippen LogP contribution is -2.36. The molecule has 0 bridgehead atoms. The number of benzene rings is 1. The fraction of sp³-hybridized carbons (Fsp3) is 0.250. The molecule has 5 heteroatoms. The van der Waals surface area contributed by atoms with Crippen molar-refractivity contribution >= 4 is 29.1 Å². The van der Waals surface area contributed by atoms with E-state index in [2.05, 4.69) is 31.1 Å². The van der Waals surface area contributed by atoms with Crippen molar-refractivity contribution in [1.82, 2.24) is 5.32 Å². The Hall–Kier alpha value is -2.46. The summed E-state index contributed by atoms with van der Waals surface area (Å²) in [5.41, 5.74) is 2.59. The number of nitrogens with zero attached hydrogens (tertiary/aromatic N) is 1. The second-order valence-corrected chi connectivity index (χ2v) is 7.56. The maximum atomic E-state index is 12.3. The number of allylic oxidation sites excluding steroid dienone is 3. The predicted octanol–water partition coefficient (Wildman–Crippen LogP) is 4.09. The maximum Gasteiger partial charge on any atom is 0.277 e. The van der Waals surface area contributed by atoms with E-state index in [-0.39, 0.29) is 23.1 Å². The van der Waals surface area contributed by atoms with Gasteiger partial charge in [0.1, 0.15) is 0 Å². The molecule has 1 aromatic carbocycles. The summed E-state index contributed by atoms with van der Waals surface area (Å²) in [5, 5.41) is 3.34. The van der Waals surface area contributed by atoms with Gasteiger partial charge in [-0.15, -0.1) is 0 Å². The van der Waals surface area contributed by atoms with E-state index < -0.39 is 0 Å². The van der Waals surface area contributed by atoms with Crippen LogP contribution in [0, 0.1) is 11.3 Å². The van der Waals surface area contributed by atoms with Gasteiger partial charge in [0.05, 0.1) is 5.71 Å². The highest BCUT2D eigenvalue weighted by Gasteiger charge is 2.32. The summed E-state index contributed by atoms with van der Waals surface area (Å²) in [5.74, 6) is -0.521. The fourth-order valence-electron chi connectivity index (χ4n) is 2.95. The highest BCUT2D eigenvalue weighted by Crippen LogP contribution is 2.38. The molecule has 128 valence electrons. The van der Waals surface area contributed by atoms with E-state index >= 15 is 0 Å². The monoisotopic (exact) mass is 354 g/mol. The molecule has 0 fully saturated rings. The van der Waals surface area contributed by atoms with Gasteiger partial charge in [-0.3, -0.25) is 9.59 Å². The number of hydrogen-bond acceptors (Lipinski definition) is 2. The first-order valence-electron chi connectivity index (χ1n) is 8.05. The molecule has 0 radical (unpaired) electrons. The molecule has 2 aliphatic rings. The molecule has 3 rings (SSSR count). The molecule has 1 N–H and O–H groups in total. The standard InChI is InChI=1S/C20H19ClN2O2/c1-20(2,3)16-11-18(24)23-17-10-14(7-8-15(16)17)22-19(25)12-5-4-6-13(21)9-12/h4-11,15H,1-3H3,(H,23,24). The Labute approximate surface area is 152 Å². The number of carbonyl (C=O) groups is 2. The van der Waals surface area contributed by atoms with E-state index in [1.807, 2.05) is 12.2 Å². The van der Waals surface area contributed by atoms with Gasteiger partial charge in [0.2, 0.25) is 5.91 Å². The van der Waals surface area contributed by atoms with Crippen LogP contribution in [0.4, 0.5) is 0 Å². The largest absolute Gasteiger partial charge is 0.325 e. The first-order valence-corrected chi connectivity index (χ1v) is 8.43. The van der Waals surface area contributed by atoms with Crippen LogP contribution in [0.2, 0.25) is 5.02 Å². The Balaban J connectivity index is 1.90. The van der Waals surface area contributed by atoms with E-state index in [0.717, 1.165) is 11.3 Å². The zero-order valence-corrected chi connectivity index (χ0v) is 15.1. The third kappa shape index (κ3) is 3.80. The average Bonchev–Trinajstić information content (AvgIpc) is 2.52. The SMILES string of the molecule is CC(C)(C)C1=CC(=O)NC2=CC(=NC(=O)c3cccc(Cl)c3)C=CC21. The lowest BCUT2D eigenvalue weighted by Gasteiger charge is -2.34. The molecule has 0 saturated heterocycles.